The second kappa shape index (κ2) is 5.34. The molecule has 0 radical (unpaired) electrons. The minimum absolute atomic E-state index is 0.112. The van der Waals surface area contributed by atoms with Gasteiger partial charge in [0.25, 0.3) is 10.0 Å². The summed E-state index contributed by atoms with van der Waals surface area (Å²) in [6.07, 6.45) is 0. The fraction of sp³-hybridized carbons (Fsp3) is 0.143. The van der Waals surface area contributed by atoms with Gasteiger partial charge in [-0.1, -0.05) is 23.7 Å². The minimum atomic E-state index is -3.65. The smallest absolute Gasteiger partial charge is 0.264 e. The number of aryl methyl sites for hydroxylation is 1. The first-order valence-electron chi connectivity index (χ1n) is 5.93. The summed E-state index contributed by atoms with van der Waals surface area (Å²) in [5.74, 6) is 0. The van der Waals surface area contributed by atoms with Crippen molar-refractivity contribution in [2.75, 3.05) is 17.1 Å². The normalized spacial score (nSPS) is 11.3. The molecule has 0 amide bonds. The van der Waals surface area contributed by atoms with Gasteiger partial charge in [0, 0.05) is 7.05 Å². The average molecular weight is 311 g/mol. The maximum absolute atomic E-state index is 12.5. The number of sulfonamides is 1. The molecule has 0 bridgehead atoms. The van der Waals surface area contributed by atoms with Gasteiger partial charge in [-0.2, -0.15) is 0 Å². The third kappa shape index (κ3) is 2.73. The standard InChI is InChI=1S/C14H15ClN2O2S/c1-10-4-3-5-11(8-10)17(2)20(18,19)12-6-7-14(16)13(15)9-12/h3-9H,16H2,1-2H3. The molecule has 0 fully saturated rings. The molecule has 0 heterocycles. The van der Waals surface area contributed by atoms with Gasteiger partial charge in [-0.3, -0.25) is 4.31 Å². The van der Waals surface area contributed by atoms with E-state index in [0.29, 0.717) is 11.4 Å². The highest BCUT2D eigenvalue weighted by molar-refractivity contribution is 7.92. The van der Waals surface area contributed by atoms with Gasteiger partial charge >= 0.3 is 0 Å². The van der Waals surface area contributed by atoms with E-state index in [9.17, 15) is 8.42 Å². The number of hydrogen-bond acceptors (Lipinski definition) is 3. The zero-order chi connectivity index (χ0) is 14.9. The summed E-state index contributed by atoms with van der Waals surface area (Å²) in [5, 5.41) is 0.226. The summed E-state index contributed by atoms with van der Waals surface area (Å²) in [6.45, 7) is 1.91. The summed E-state index contributed by atoms with van der Waals surface area (Å²) in [6, 6.07) is 11.6. The number of anilines is 2. The van der Waals surface area contributed by atoms with Crippen molar-refractivity contribution in [2.45, 2.75) is 11.8 Å². The van der Waals surface area contributed by atoms with E-state index < -0.39 is 10.0 Å². The molecule has 2 rings (SSSR count). The van der Waals surface area contributed by atoms with Crippen LogP contribution in [0.25, 0.3) is 0 Å². The van der Waals surface area contributed by atoms with Crippen LogP contribution in [0, 0.1) is 6.92 Å². The van der Waals surface area contributed by atoms with Crippen molar-refractivity contribution in [2.24, 2.45) is 0 Å². The number of nitrogen functional groups attached to an aromatic ring is 1. The number of hydrogen-bond donors (Lipinski definition) is 1. The average Bonchev–Trinajstić information content (AvgIpc) is 2.40. The van der Waals surface area contributed by atoms with Gasteiger partial charge in [0.15, 0.2) is 0 Å². The molecule has 0 aliphatic carbocycles. The van der Waals surface area contributed by atoms with Crippen molar-refractivity contribution in [1.29, 1.82) is 0 Å². The van der Waals surface area contributed by atoms with E-state index in [1.165, 1.54) is 29.6 Å². The van der Waals surface area contributed by atoms with Crippen LogP contribution >= 0.6 is 11.6 Å². The molecule has 0 aliphatic rings. The summed E-state index contributed by atoms with van der Waals surface area (Å²) < 4.78 is 26.3. The first kappa shape index (κ1) is 14.7. The largest absolute Gasteiger partial charge is 0.398 e. The van der Waals surface area contributed by atoms with E-state index in [1.54, 1.807) is 12.1 Å². The van der Waals surface area contributed by atoms with Gasteiger partial charge < -0.3 is 5.73 Å². The molecule has 4 nitrogen and oxygen atoms in total. The molecule has 0 saturated carbocycles. The topological polar surface area (TPSA) is 63.4 Å². The van der Waals surface area contributed by atoms with Crippen LogP contribution in [0.1, 0.15) is 5.56 Å². The lowest BCUT2D eigenvalue weighted by atomic mass is 10.2. The molecule has 0 aromatic heterocycles. The predicted molar refractivity (Wildman–Crippen MR) is 82.6 cm³/mol. The van der Waals surface area contributed by atoms with Crippen molar-refractivity contribution in [3.8, 4) is 0 Å². The molecule has 2 aromatic carbocycles. The Labute approximate surface area is 123 Å². The zero-order valence-electron chi connectivity index (χ0n) is 11.2. The van der Waals surface area contributed by atoms with Crippen molar-refractivity contribution < 1.29 is 8.42 Å². The Hall–Kier alpha value is -1.72. The van der Waals surface area contributed by atoms with Crippen LogP contribution < -0.4 is 10.0 Å². The third-order valence-electron chi connectivity index (χ3n) is 3.00. The van der Waals surface area contributed by atoms with Gasteiger partial charge in [-0.15, -0.1) is 0 Å². The van der Waals surface area contributed by atoms with E-state index in [1.807, 2.05) is 19.1 Å². The van der Waals surface area contributed by atoms with Crippen LogP contribution in [0.3, 0.4) is 0 Å². The summed E-state index contributed by atoms with van der Waals surface area (Å²) in [5.41, 5.74) is 7.53. The quantitative estimate of drug-likeness (QED) is 0.886. The molecule has 0 unspecified atom stereocenters. The second-order valence-electron chi connectivity index (χ2n) is 4.49. The maximum atomic E-state index is 12.5. The van der Waals surface area contributed by atoms with E-state index in [2.05, 4.69) is 0 Å². The third-order valence-corrected chi connectivity index (χ3v) is 5.10. The fourth-order valence-corrected chi connectivity index (χ4v) is 3.25. The first-order valence-corrected chi connectivity index (χ1v) is 7.75. The number of nitrogens with two attached hydrogens (primary N) is 1. The lowest BCUT2D eigenvalue weighted by Gasteiger charge is -2.20. The number of nitrogens with zero attached hydrogens (tertiary/aromatic N) is 1. The van der Waals surface area contributed by atoms with Crippen LogP contribution in [0.4, 0.5) is 11.4 Å². The second-order valence-corrected chi connectivity index (χ2v) is 6.87. The van der Waals surface area contributed by atoms with E-state index in [0.717, 1.165) is 5.56 Å². The molecule has 0 atom stereocenters. The van der Waals surface area contributed by atoms with Crippen LogP contribution in [-0.2, 0) is 10.0 Å². The van der Waals surface area contributed by atoms with E-state index >= 15 is 0 Å². The van der Waals surface area contributed by atoms with Gasteiger partial charge in [0.2, 0.25) is 0 Å². The molecular formula is C14H15ClN2O2S. The van der Waals surface area contributed by atoms with Crippen LogP contribution in [0.15, 0.2) is 47.4 Å². The maximum Gasteiger partial charge on any atom is 0.264 e. The summed E-state index contributed by atoms with van der Waals surface area (Å²) in [4.78, 5) is 0.112. The molecule has 2 aromatic rings. The molecule has 0 saturated heterocycles. The van der Waals surface area contributed by atoms with E-state index in [4.69, 9.17) is 17.3 Å². The molecule has 0 spiro atoms. The Morgan fingerprint density at radius 3 is 2.45 bits per heavy atom. The SMILES string of the molecule is Cc1cccc(N(C)S(=O)(=O)c2ccc(N)c(Cl)c2)c1. The van der Waals surface area contributed by atoms with E-state index in [-0.39, 0.29) is 9.92 Å². The van der Waals surface area contributed by atoms with Gasteiger partial charge in [-0.05, 0) is 42.8 Å². The number of rotatable bonds is 3. The number of benzene rings is 2. The molecule has 2 N–H and O–H groups in total. The lowest BCUT2D eigenvalue weighted by molar-refractivity contribution is 0.594. The van der Waals surface area contributed by atoms with Gasteiger partial charge in [0.05, 0.1) is 21.3 Å². The van der Waals surface area contributed by atoms with Crippen molar-refractivity contribution in [1.82, 2.24) is 0 Å². The number of halogens is 1. The Kier molecular flexibility index (Phi) is 3.92. The Morgan fingerprint density at radius 1 is 1.15 bits per heavy atom. The fourth-order valence-electron chi connectivity index (χ4n) is 1.79. The van der Waals surface area contributed by atoms with Gasteiger partial charge in [0.1, 0.15) is 0 Å². The highest BCUT2D eigenvalue weighted by atomic mass is 35.5. The molecule has 106 valence electrons. The predicted octanol–water partition coefficient (Wildman–Crippen LogP) is 3.06. The first-order chi connectivity index (χ1) is 9.32. The Morgan fingerprint density at radius 2 is 1.85 bits per heavy atom. The van der Waals surface area contributed by atoms with Gasteiger partial charge in [-0.25, -0.2) is 8.42 Å². The van der Waals surface area contributed by atoms with Crippen LogP contribution in [0.5, 0.6) is 0 Å². The molecule has 0 aliphatic heterocycles. The van der Waals surface area contributed by atoms with Crippen molar-refractivity contribution in [3.05, 3.63) is 53.1 Å². The highest BCUT2D eigenvalue weighted by Crippen LogP contribution is 2.27. The van der Waals surface area contributed by atoms with Crippen molar-refractivity contribution in [3.63, 3.8) is 0 Å². The monoisotopic (exact) mass is 310 g/mol. The Bertz CT molecular complexity index is 745. The van der Waals surface area contributed by atoms with Crippen molar-refractivity contribution >= 4 is 33.0 Å². The lowest BCUT2D eigenvalue weighted by Crippen LogP contribution is -2.26. The van der Waals surface area contributed by atoms with Crippen LogP contribution in [-0.4, -0.2) is 15.5 Å². The molecular weight excluding hydrogens is 296 g/mol. The Balaban J connectivity index is 2.46. The summed E-state index contributed by atoms with van der Waals surface area (Å²) in [7, 11) is -2.15. The molecule has 6 heteroatoms. The summed E-state index contributed by atoms with van der Waals surface area (Å²) >= 11 is 5.89. The zero-order valence-corrected chi connectivity index (χ0v) is 12.7. The molecule has 20 heavy (non-hydrogen) atoms. The minimum Gasteiger partial charge on any atom is -0.398 e. The van der Waals surface area contributed by atoms with Crippen LogP contribution in [0.2, 0.25) is 5.02 Å². The highest BCUT2D eigenvalue weighted by Gasteiger charge is 2.22.